The highest BCUT2D eigenvalue weighted by Gasteiger charge is 2.22. The van der Waals surface area contributed by atoms with E-state index < -0.39 is 0 Å². The molecule has 0 radical (unpaired) electrons. The zero-order chi connectivity index (χ0) is 12.9. The molecule has 1 rings (SSSR count). The molecule has 0 aromatic carbocycles. The third-order valence-corrected chi connectivity index (χ3v) is 3.17. The van der Waals surface area contributed by atoms with Crippen LogP contribution in [0.1, 0.15) is 33.3 Å². The zero-order valence-corrected chi connectivity index (χ0v) is 11.5. The quantitative estimate of drug-likeness (QED) is 0.792. The van der Waals surface area contributed by atoms with Crippen molar-refractivity contribution in [1.82, 2.24) is 10.3 Å². The van der Waals surface area contributed by atoms with E-state index in [0.717, 1.165) is 13.1 Å². The van der Waals surface area contributed by atoms with E-state index in [1.807, 2.05) is 18.5 Å². The first-order chi connectivity index (χ1) is 7.87. The van der Waals surface area contributed by atoms with Crippen molar-refractivity contribution in [1.29, 1.82) is 0 Å². The summed E-state index contributed by atoms with van der Waals surface area (Å²) in [6, 6.07) is 4.11. The Kier molecular flexibility index (Phi) is 4.66. The molecule has 3 nitrogen and oxygen atoms in total. The molecule has 3 N–H and O–H groups in total. The van der Waals surface area contributed by atoms with Crippen LogP contribution in [0.5, 0.6) is 0 Å². The maximum Gasteiger partial charge on any atom is 0.0305 e. The summed E-state index contributed by atoms with van der Waals surface area (Å²) >= 11 is 0. The van der Waals surface area contributed by atoms with Gasteiger partial charge in [-0.05, 0) is 23.6 Å². The van der Waals surface area contributed by atoms with Gasteiger partial charge in [0.05, 0.1) is 0 Å². The second kappa shape index (κ2) is 5.61. The Bertz CT molecular complexity index is 331. The summed E-state index contributed by atoms with van der Waals surface area (Å²) < 4.78 is 0. The average molecular weight is 235 g/mol. The minimum Gasteiger partial charge on any atom is -0.330 e. The average Bonchev–Trinajstić information content (AvgIpc) is 2.30. The predicted molar refractivity (Wildman–Crippen MR) is 73.0 cm³/mol. The molecule has 3 heteroatoms. The van der Waals surface area contributed by atoms with E-state index in [2.05, 4.69) is 44.1 Å². The largest absolute Gasteiger partial charge is 0.330 e. The van der Waals surface area contributed by atoms with Gasteiger partial charge in [0.1, 0.15) is 0 Å². The van der Waals surface area contributed by atoms with E-state index in [0.29, 0.717) is 6.54 Å². The first kappa shape index (κ1) is 14.1. The lowest BCUT2D eigenvalue weighted by molar-refractivity contribution is 0.332. The topological polar surface area (TPSA) is 50.9 Å². The van der Waals surface area contributed by atoms with Crippen LogP contribution in [-0.4, -0.2) is 24.6 Å². The van der Waals surface area contributed by atoms with Gasteiger partial charge in [0.25, 0.3) is 0 Å². The minimum atomic E-state index is 0.0962. The lowest BCUT2D eigenvalue weighted by atomic mass is 9.85. The minimum absolute atomic E-state index is 0.0962. The van der Waals surface area contributed by atoms with Crippen LogP contribution < -0.4 is 11.1 Å². The Labute approximate surface area is 105 Å². The number of rotatable bonds is 6. The van der Waals surface area contributed by atoms with Gasteiger partial charge < -0.3 is 11.1 Å². The Hall–Kier alpha value is -0.930. The van der Waals surface area contributed by atoms with Crippen molar-refractivity contribution in [3.63, 3.8) is 0 Å². The van der Waals surface area contributed by atoms with E-state index in [1.165, 1.54) is 5.56 Å². The van der Waals surface area contributed by atoms with E-state index >= 15 is 0 Å². The van der Waals surface area contributed by atoms with Crippen LogP contribution in [0.2, 0.25) is 0 Å². The second-order valence-electron chi connectivity index (χ2n) is 6.10. The monoisotopic (exact) mass is 235 g/mol. The van der Waals surface area contributed by atoms with Crippen LogP contribution in [0.4, 0.5) is 0 Å². The SMILES string of the molecule is CC(C)(CN)CNCC(C)(C)c1cccnc1. The molecule has 0 amide bonds. The fourth-order valence-corrected chi connectivity index (χ4v) is 1.65. The van der Waals surface area contributed by atoms with Gasteiger partial charge in [0.2, 0.25) is 0 Å². The van der Waals surface area contributed by atoms with Crippen molar-refractivity contribution in [3.05, 3.63) is 30.1 Å². The molecule has 0 spiro atoms. The normalized spacial score (nSPS) is 12.8. The molecule has 0 aliphatic rings. The lowest BCUT2D eigenvalue weighted by Crippen LogP contribution is -2.41. The number of pyridine rings is 1. The smallest absolute Gasteiger partial charge is 0.0305 e. The summed E-state index contributed by atoms with van der Waals surface area (Å²) in [6.45, 7) is 11.4. The molecule has 0 unspecified atom stereocenters. The molecule has 0 saturated carbocycles. The van der Waals surface area contributed by atoms with Gasteiger partial charge in [-0.3, -0.25) is 4.98 Å². The standard InChI is InChI=1S/C14H25N3/c1-13(2,9-15)10-17-11-14(3,4)12-6-5-7-16-8-12/h5-8,17H,9-11,15H2,1-4H3. The van der Waals surface area contributed by atoms with E-state index in [9.17, 15) is 0 Å². The number of hydrogen-bond acceptors (Lipinski definition) is 3. The second-order valence-corrected chi connectivity index (χ2v) is 6.10. The van der Waals surface area contributed by atoms with Crippen LogP contribution >= 0.6 is 0 Å². The molecule has 0 fully saturated rings. The first-order valence-corrected chi connectivity index (χ1v) is 6.19. The molecule has 0 saturated heterocycles. The van der Waals surface area contributed by atoms with E-state index in [1.54, 1.807) is 0 Å². The molecule has 96 valence electrons. The maximum atomic E-state index is 5.72. The van der Waals surface area contributed by atoms with Gasteiger partial charge in [0.15, 0.2) is 0 Å². The number of aromatic nitrogens is 1. The van der Waals surface area contributed by atoms with Crippen LogP contribution in [-0.2, 0) is 5.41 Å². The van der Waals surface area contributed by atoms with Crippen LogP contribution in [0.15, 0.2) is 24.5 Å². The molecule has 0 aliphatic carbocycles. The summed E-state index contributed by atoms with van der Waals surface area (Å²) in [6.07, 6.45) is 3.75. The molecule has 0 bridgehead atoms. The van der Waals surface area contributed by atoms with Crippen molar-refractivity contribution in [2.75, 3.05) is 19.6 Å². The van der Waals surface area contributed by atoms with Gasteiger partial charge in [-0.2, -0.15) is 0 Å². The highest BCUT2D eigenvalue weighted by molar-refractivity contribution is 5.19. The summed E-state index contributed by atoms with van der Waals surface area (Å²) in [5, 5.41) is 3.51. The summed E-state index contributed by atoms with van der Waals surface area (Å²) in [5.41, 5.74) is 7.23. The third kappa shape index (κ3) is 4.44. The predicted octanol–water partition coefficient (Wildman–Crippen LogP) is 1.93. The molecule has 0 aliphatic heterocycles. The Morgan fingerprint density at radius 3 is 2.47 bits per heavy atom. The Morgan fingerprint density at radius 1 is 1.24 bits per heavy atom. The Morgan fingerprint density at radius 2 is 1.94 bits per heavy atom. The summed E-state index contributed by atoms with van der Waals surface area (Å²) in [4.78, 5) is 4.18. The Balaban J connectivity index is 2.51. The third-order valence-electron chi connectivity index (χ3n) is 3.17. The van der Waals surface area contributed by atoms with E-state index in [4.69, 9.17) is 5.73 Å². The van der Waals surface area contributed by atoms with Crippen LogP contribution in [0, 0.1) is 5.41 Å². The number of nitrogens with zero attached hydrogens (tertiary/aromatic N) is 1. The van der Waals surface area contributed by atoms with Gasteiger partial charge in [0, 0.05) is 30.9 Å². The number of nitrogens with two attached hydrogens (primary N) is 1. The van der Waals surface area contributed by atoms with Crippen molar-refractivity contribution in [3.8, 4) is 0 Å². The highest BCUT2D eigenvalue weighted by atomic mass is 14.9. The fraction of sp³-hybridized carbons (Fsp3) is 0.643. The van der Waals surface area contributed by atoms with Gasteiger partial charge in [-0.25, -0.2) is 0 Å². The molecule has 0 atom stereocenters. The van der Waals surface area contributed by atoms with Gasteiger partial charge in [-0.15, -0.1) is 0 Å². The number of nitrogens with one attached hydrogen (secondary N) is 1. The molecule has 1 aromatic heterocycles. The van der Waals surface area contributed by atoms with Gasteiger partial charge >= 0.3 is 0 Å². The van der Waals surface area contributed by atoms with Crippen molar-refractivity contribution < 1.29 is 0 Å². The zero-order valence-electron chi connectivity index (χ0n) is 11.5. The fourth-order valence-electron chi connectivity index (χ4n) is 1.65. The molecular weight excluding hydrogens is 210 g/mol. The molecule has 1 aromatic rings. The molecule has 17 heavy (non-hydrogen) atoms. The first-order valence-electron chi connectivity index (χ1n) is 6.19. The number of hydrogen-bond donors (Lipinski definition) is 2. The van der Waals surface area contributed by atoms with Crippen LogP contribution in [0.3, 0.4) is 0 Å². The van der Waals surface area contributed by atoms with Crippen LogP contribution in [0.25, 0.3) is 0 Å². The lowest BCUT2D eigenvalue weighted by Gasteiger charge is -2.29. The molecule has 1 heterocycles. The maximum absolute atomic E-state index is 5.72. The summed E-state index contributed by atoms with van der Waals surface area (Å²) in [7, 11) is 0. The van der Waals surface area contributed by atoms with Crippen molar-refractivity contribution in [2.24, 2.45) is 11.1 Å². The van der Waals surface area contributed by atoms with Crippen molar-refractivity contribution >= 4 is 0 Å². The van der Waals surface area contributed by atoms with Crippen molar-refractivity contribution in [2.45, 2.75) is 33.1 Å². The molecular formula is C14H25N3. The summed E-state index contributed by atoms with van der Waals surface area (Å²) in [5.74, 6) is 0. The highest BCUT2D eigenvalue weighted by Crippen LogP contribution is 2.21. The van der Waals surface area contributed by atoms with E-state index in [-0.39, 0.29) is 10.8 Å². The van der Waals surface area contributed by atoms with Gasteiger partial charge in [-0.1, -0.05) is 33.8 Å².